The molecule has 0 saturated carbocycles. The van der Waals surface area contributed by atoms with Crippen molar-refractivity contribution < 1.29 is 0 Å². The summed E-state index contributed by atoms with van der Waals surface area (Å²) < 4.78 is 2.41. The number of para-hydroxylation sites is 1. The third-order valence-corrected chi connectivity index (χ3v) is 4.14. The molecule has 0 bridgehead atoms. The molecule has 100 valence electrons. The highest BCUT2D eigenvalue weighted by molar-refractivity contribution is 8.04. The van der Waals surface area contributed by atoms with Crippen LogP contribution in [0.4, 0.5) is 5.69 Å². The van der Waals surface area contributed by atoms with Crippen molar-refractivity contribution in [1.29, 1.82) is 0 Å². The van der Waals surface area contributed by atoms with Gasteiger partial charge in [-0.15, -0.1) is 0 Å². The monoisotopic (exact) mass is 271 g/mol. The molecule has 0 atom stereocenters. The largest absolute Gasteiger partial charge is 0.312 e. The van der Waals surface area contributed by atoms with Crippen molar-refractivity contribution in [2.45, 2.75) is 26.7 Å². The summed E-state index contributed by atoms with van der Waals surface area (Å²) in [6.45, 7) is 9.13. The van der Waals surface area contributed by atoms with Crippen LogP contribution in [0.1, 0.15) is 25.8 Å². The van der Waals surface area contributed by atoms with Crippen LogP contribution in [0.2, 0.25) is 0 Å². The maximum atomic E-state index is 3.73. The van der Waals surface area contributed by atoms with Gasteiger partial charge in [-0.1, -0.05) is 42.5 Å². The highest BCUT2D eigenvalue weighted by Gasteiger charge is 2.16. The summed E-state index contributed by atoms with van der Waals surface area (Å²) in [5, 5.41) is 0. The van der Waals surface area contributed by atoms with Crippen LogP contribution >= 0.6 is 11.9 Å². The van der Waals surface area contributed by atoms with Crippen LogP contribution in [0, 0.1) is 0 Å². The Morgan fingerprint density at radius 1 is 1.32 bits per heavy atom. The number of hydrogen-bond acceptors (Lipinski definition) is 2. The molecule has 1 heterocycles. The van der Waals surface area contributed by atoms with Crippen LogP contribution in [0.25, 0.3) is 0 Å². The smallest absolute Gasteiger partial charge is 0.0505 e. The van der Waals surface area contributed by atoms with Gasteiger partial charge in [-0.25, -0.2) is 0 Å². The van der Waals surface area contributed by atoms with E-state index in [2.05, 4.69) is 55.1 Å². The van der Waals surface area contributed by atoms with E-state index in [-0.39, 0.29) is 0 Å². The Kier molecular flexibility index (Phi) is 4.92. The Labute approximate surface area is 120 Å². The zero-order valence-corrected chi connectivity index (χ0v) is 12.5. The lowest BCUT2D eigenvalue weighted by molar-refractivity contribution is 0.796. The predicted octanol–water partition coefficient (Wildman–Crippen LogP) is 5.12. The Morgan fingerprint density at radius 2 is 2.11 bits per heavy atom. The zero-order valence-electron chi connectivity index (χ0n) is 11.7. The number of anilines is 1. The quantitative estimate of drug-likeness (QED) is 0.552. The molecule has 0 N–H and O–H groups in total. The highest BCUT2D eigenvalue weighted by atomic mass is 32.2. The van der Waals surface area contributed by atoms with Gasteiger partial charge in [-0.05, 0) is 56.3 Å². The lowest BCUT2D eigenvalue weighted by Gasteiger charge is -2.30. The van der Waals surface area contributed by atoms with Crippen molar-refractivity contribution in [2.75, 3.05) is 10.8 Å². The molecule has 1 aromatic rings. The van der Waals surface area contributed by atoms with Crippen molar-refractivity contribution in [3.8, 4) is 0 Å². The van der Waals surface area contributed by atoms with Gasteiger partial charge in [0.15, 0.2) is 0 Å². The minimum absolute atomic E-state index is 1.12. The average molecular weight is 271 g/mol. The van der Waals surface area contributed by atoms with Crippen molar-refractivity contribution in [2.24, 2.45) is 0 Å². The fourth-order valence-corrected chi connectivity index (χ4v) is 3.43. The van der Waals surface area contributed by atoms with Crippen LogP contribution in [-0.2, 0) is 6.42 Å². The maximum Gasteiger partial charge on any atom is 0.0505 e. The molecule has 0 unspecified atom stereocenters. The highest BCUT2D eigenvalue weighted by Crippen LogP contribution is 2.34. The topological polar surface area (TPSA) is 3.24 Å². The molecule has 1 aliphatic heterocycles. The van der Waals surface area contributed by atoms with Gasteiger partial charge in [-0.3, -0.25) is 0 Å². The van der Waals surface area contributed by atoms with Gasteiger partial charge in [0.25, 0.3) is 0 Å². The van der Waals surface area contributed by atoms with Gasteiger partial charge in [0, 0.05) is 11.4 Å². The van der Waals surface area contributed by atoms with Crippen LogP contribution in [0.5, 0.6) is 0 Å². The first-order valence-electron chi connectivity index (χ1n) is 6.72. The van der Waals surface area contributed by atoms with E-state index < -0.39 is 0 Å². The van der Waals surface area contributed by atoms with Gasteiger partial charge >= 0.3 is 0 Å². The number of hydrogen-bond donors (Lipinski definition) is 0. The molecule has 19 heavy (non-hydrogen) atoms. The third kappa shape index (κ3) is 3.77. The van der Waals surface area contributed by atoms with E-state index >= 15 is 0 Å². The summed E-state index contributed by atoms with van der Waals surface area (Å²) in [6, 6.07) is 8.72. The van der Waals surface area contributed by atoms with Gasteiger partial charge in [0.2, 0.25) is 0 Å². The van der Waals surface area contributed by atoms with Gasteiger partial charge < -0.3 is 4.31 Å². The van der Waals surface area contributed by atoms with E-state index in [1.54, 1.807) is 0 Å². The van der Waals surface area contributed by atoms with E-state index in [1.165, 1.54) is 34.6 Å². The molecule has 0 amide bonds. The summed E-state index contributed by atoms with van der Waals surface area (Å²) in [4.78, 5) is 1.31. The van der Waals surface area contributed by atoms with Gasteiger partial charge in [-0.2, -0.15) is 0 Å². The van der Waals surface area contributed by atoms with Gasteiger partial charge in [0.05, 0.1) is 5.69 Å². The van der Waals surface area contributed by atoms with E-state index in [1.807, 2.05) is 24.1 Å². The summed E-state index contributed by atoms with van der Waals surface area (Å²) in [5.74, 6) is 0. The molecular formula is C17H21NS. The summed E-state index contributed by atoms with van der Waals surface area (Å²) in [7, 11) is 0. The predicted molar refractivity (Wildman–Crippen MR) is 87.4 cm³/mol. The van der Waals surface area contributed by atoms with Crippen LogP contribution in [0.15, 0.2) is 59.6 Å². The second-order valence-electron chi connectivity index (χ2n) is 4.83. The number of nitrogens with zero attached hydrogens (tertiary/aromatic N) is 1. The van der Waals surface area contributed by atoms with Crippen LogP contribution in [-0.4, -0.2) is 6.54 Å². The minimum atomic E-state index is 1.12. The first-order valence-corrected chi connectivity index (χ1v) is 7.49. The van der Waals surface area contributed by atoms with E-state index in [0.29, 0.717) is 0 Å². The Balaban J connectivity index is 2.13. The SMILES string of the molecule is C=C/C=C(C)\C=C(/C)SN1CCCc2ccccc21. The Bertz CT molecular complexity index is 514. The van der Waals surface area contributed by atoms with Crippen molar-refractivity contribution in [3.05, 3.63) is 65.1 Å². The molecule has 1 nitrogen and oxygen atoms in total. The molecule has 2 heteroatoms. The summed E-state index contributed by atoms with van der Waals surface area (Å²) in [6.07, 6.45) is 8.52. The lowest BCUT2D eigenvalue weighted by atomic mass is 10.0. The van der Waals surface area contributed by atoms with Crippen molar-refractivity contribution in [1.82, 2.24) is 0 Å². The molecule has 2 rings (SSSR count). The molecular weight excluding hydrogens is 250 g/mol. The molecule has 0 aromatic heterocycles. The van der Waals surface area contributed by atoms with Crippen LogP contribution < -0.4 is 4.31 Å². The Morgan fingerprint density at radius 3 is 2.89 bits per heavy atom. The second-order valence-corrected chi connectivity index (χ2v) is 6.09. The molecule has 1 aromatic carbocycles. The first kappa shape index (κ1) is 14.0. The molecule has 0 radical (unpaired) electrons. The molecule has 0 aliphatic carbocycles. The lowest BCUT2D eigenvalue weighted by Crippen LogP contribution is -2.22. The van der Waals surface area contributed by atoms with E-state index in [0.717, 1.165) is 6.54 Å². The zero-order chi connectivity index (χ0) is 13.7. The summed E-state index contributed by atoms with van der Waals surface area (Å²) >= 11 is 1.84. The molecule has 0 saturated heterocycles. The van der Waals surface area contributed by atoms with Crippen molar-refractivity contribution >= 4 is 17.6 Å². The second kappa shape index (κ2) is 6.67. The molecule has 0 spiro atoms. The fraction of sp³-hybridized carbons (Fsp3) is 0.294. The van der Waals surface area contributed by atoms with Crippen molar-refractivity contribution in [3.63, 3.8) is 0 Å². The van der Waals surface area contributed by atoms with E-state index in [4.69, 9.17) is 0 Å². The number of benzene rings is 1. The minimum Gasteiger partial charge on any atom is -0.312 e. The summed E-state index contributed by atoms with van der Waals surface area (Å²) in [5.41, 5.74) is 4.08. The molecule has 0 fully saturated rings. The Hall–Kier alpha value is -1.41. The average Bonchev–Trinajstić information content (AvgIpc) is 2.39. The van der Waals surface area contributed by atoms with Crippen LogP contribution in [0.3, 0.4) is 0 Å². The normalized spacial score (nSPS) is 16.2. The number of aryl methyl sites for hydroxylation is 1. The fourth-order valence-electron chi connectivity index (χ4n) is 2.35. The first-order chi connectivity index (χ1) is 9.20. The third-order valence-electron chi connectivity index (χ3n) is 3.13. The standard InChI is InChI=1S/C17H21NS/c1-4-8-14(2)13-15(3)19-18-12-7-10-16-9-5-6-11-17(16)18/h4-6,8-9,11,13H,1,7,10,12H2,2-3H3/b14-8-,15-13+. The molecule has 1 aliphatic rings. The number of fused-ring (bicyclic) bond motifs is 1. The maximum absolute atomic E-state index is 3.73. The van der Waals surface area contributed by atoms with E-state index in [9.17, 15) is 0 Å². The number of allylic oxidation sites excluding steroid dienone is 5. The number of rotatable bonds is 4. The van der Waals surface area contributed by atoms with Gasteiger partial charge in [0.1, 0.15) is 0 Å².